The second-order valence-electron chi connectivity index (χ2n) is 6.65. The molecule has 0 bridgehead atoms. The summed E-state index contributed by atoms with van der Waals surface area (Å²) in [7, 11) is 2.01. The summed E-state index contributed by atoms with van der Waals surface area (Å²) >= 11 is 0. The Bertz CT molecular complexity index is 630. The maximum absolute atomic E-state index is 10.3. The summed E-state index contributed by atoms with van der Waals surface area (Å²) in [6.45, 7) is 5.51. The molecule has 1 fully saturated rings. The van der Waals surface area contributed by atoms with Crippen molar-refractivity contribution in [2.75, 3.05) is 6.54 Å². The summed E-state index contributed by atoms with van der Waals surface area (Å²) in [5.74, 6) is 1.82. The van der Waals surface area contributed by atoms with Crippen LogP contribution in [0.3, 0.4) is 0 Å². The minimum atomic E-state index is -0.683. The summed E-state index contributed by atoms with van der Waals surface area (Å²) in [6.07, 6.45) is 2.16. The van der Waals surface area contributed by atoms with Gasteiger partial charge in [0.25, 0.3) is 0 Å². The van der Waals surface area contributed by atoms with Crippen molar-refractivity contribution in [1.29, 1.82) is 0 Å². The van der Waals surface area contributed by atoms with Gasteiger partial charge in [0.2, 0.25) is 0 Å². The van der Waals surface area contributed by atoms with Crippen molar-refractivity contribution in [2.24, 2.45) is 7.05 Å². The van der Waals surface area contributed by atoms with E-state index in [-0.39, 0.29) is 6.04 Å². The Hall–Kier alpha value is -1.72. The topological polar surface area (TPSA) is 54.2 Å². The number of hydrogen-bond acceptors (Lipinski definition) is 4. The van der Waals surface area contributed by atoms with Gasteiger partial charge in [0.15, 0.2) is 5.82 Å². The van der Waals surface area contributed by atoms with E-state index in [0.29, 0.717) is 0 Å². The van der Waals surface area contributed by atoms with E-state index in [1.165, 1.54) is 0 Å². The fourth-order valence-electron chi connectivity index (χ4n) is 3.33. The number of likely N-dealkylation sites (tertiary alicyclic amines) is 1. The third-order valence-electron chi connectivity index (χ3n) is 4.52. The molecule has 0 saturated carbocycles. The fraction of sp³-hybridized carbons (Fsp3) is 0.529. The van der Waals surface area contributed by atoms with Crippen molar-refractivity contribution >= 4 is 0 Å². The van der Waals surface area contributed by atoms with E-state index >= 15 is 0 Å². The summed E-state index contributed by atoms with van der Waals surface area (Å²) in [5.41, 5.74) is 0.390. The highest BCUT2D eigenvalue weighted by Gasteiger charge is 2.36. The van der Waals surface area contributed by atoms with Crippen molar-refractivity contribution in [3.8, 4) is 11.4 Å². The van der Waals surface area contributed by atoms with E-state index in [4.69, 9.17) is 0 Å². The largest absolute Gasteiger partial charge is 0.389 e. The molecule has 2 heterocycles. The van der Waals surface area contributed by atoms with Crippen molar-refractivity contribution < 1.29 is 5.11 Å². The highest BCUT2D eigenvalue weighted by Crippen LogP contribution is 2.28. The number of hydrogen-bond donors (Lipinski definition) is 1. The first-order chi connectivity index (χ1) is 10.5. The molecule has 1 aromatic carbocycles. The van der Waals surface area contributed by atoms with E-state index in [2.05, 4.69) is 19.7 Å². The SMILES string of the molecule is Cn1c(CN2CCC[C@@H]2C(C)(C)O)nnc1-c1ccccc1. The minimum Gasteiger partial charge on any atom is -0.389 e. The van der Waals surface area contributed by atoms with Crippen molar-refractivity contribution in [1.82, 2.24) is 19.7 Å². The van der Waals surface area contributed by atoms with Gasteiger partial charge >= 0.3 is 0 Å². The molecule has 0 radical (unpaired) electrons. The third kappa shape index (κ3) is 2.91. The molecule has 1 atom stereocenters. The molecule has 5 heteroatoms. The van der Waals surface area contributed by atoms with Crippen molar-refractivity contribution in [3.63, 3.8) is 0 Å². The van der Waals surface area contributed by atoms with E-state index in [1.54, 1.807) is 0 Å². The zero-order valence-electron chi connectivity index (χ0n) is 13.5. The molecule has 3 rings (SSSR count). The first-order valence-electron chi connectivity index (χ1n) is 7.87. The molecule has 1 aliphatic rings. The monoisotopic (exact) mass is 300 g/mol. The zero-order chi connectivity index (χ0) is 15.7. The first kappa shape index (κ1) is 15.2. The quantitative estimate of drug-likeness (QED) is 0.940. The molecule has 1 aliphatic heterocycles. The highest BCUT2D eigenvalue weighted by molar-refractivity contribution is 5.54. The average molecular weight is 300 g/mol. The van der Waals surface area contributed by atoms with Crippen molar-refractivity contribution in [3.05, 3.63) is 36.2 Å². The Morgan fingerprint density at radius 3 is 2.64 bits per heavy atom. The molecule has 0 unspecified atom stereocenters. The number of aliphatic hydroxyl groups is 1. The fourth-order valence-corrected chi connectivity index (χ4v) is 3.33. The van der Waals surface area contributed by atoms with Crippen LogP contribution in [0.1, 0.15) is 32.5 Å². The summed E-state index contributed by atoms with van der Waals surface area (Å²) in [4.78, 5) is 2.32. The maximum atomic E-state index is 10.3. The molecule has 2 aromatic rings. The lowest BCUT2D eigenvalue weighted by Gasteiger charge is -2.33. The Kier molecular flexibility index (Phi) is 4.02. The van der Waals surface area contributed by atoms with Gasteiger partial charge in [-0.25, -0.2) is 0 Å². The van der Waals surface area contributed by atoms with Crippen LogP contribution in [0.4, 0.5) is 0 Å². The van der Waals surface area contributed by atoms with Gasteiger partial charge in [-0.1, -0.05) is 30.3 Å². The number of aromatic nitrogens is 3. The molecular formula is C17H24N4O. The Labute approximate surface area is 131 Å². The number of benzene rings is 1. The molecule has 0 spiro atoms. The van der Waals surface area contributed by atoms with Crippen LogP contribution in [0.25, 0.3) is 11.4 Å². The van der Waals surface area contributed by atoms with Crippen LogP contribution in [0.5, 0.6) is 0 Å². The Morgan fingerprint density at radius 1 is 1.23 bits per heavy atom. The smallest absolute Gasteiger partial charge is 0.163 e. The van der Waals surface area contributed by atoms with Crippen molar-refractivity contribution in [2.45, 2.75) is 44.9 Å². The van der Waals surface area contributed by atoms with Crippen LogP contribution in [-0.4, -0.2) is 43.0 Å². The molecule has 1 saturated heterocycles. The lowest BCUT2D eigenvalue weighted by Crippen LogP contribution is -2.45. The second-order valence-corrected chi connectivity index (χ2v) is 6.65. The maximum Gasteiger partial charge on any atom is 0.163 e. The predicted molar refractivity (Wildman–Crippen MR) is 86.2 cm³/mol. The average Bonchev–Trinajstić information content (AvgIpc) is 3.08. The van der Waals surface area contributed by atoms with Gasteiger partial charge in [-0.15, -0.1) is 10.2 Å². The van der Waals surface area contributed by atoms with Crippen LogP contribution in [0.15, 0.2) is 30.3 Å². The van der Waals surface area contributed by atoms with E-state index in [9.17, 15) is 5.11 Å². The minimum absolute atomic E-state index is 0.185. The summed E-state index contributed by atoms with van der Waals surface area (Å²) < 4.78 is 2.05. The van der Waals surface area contributed by atoms with Gasteiger partial charge in [-0.05, 0) is 33.2 Å². The van der Waals surface area contributed by atoms with Crippen LogP contribution >= 0.6 is 0 Å². The molecule has 0 amide bonds. The van der Waals surface area contributed by atoms with Gasteiger partial charge in [0.05, 0.1) is 12.1 Å². The lowest BCUT2D eigenvalue weighted by molar-refractivity contribution is -0.00599. The second kappa shape index (κ2) is 5.82. The molecule has 0 aliphatic carbocycles. The molecule has 5 nitrogen and oxygen atoms in total. The zero-order valence-corrected chi connectivity index (χ0v) is 13.5. The predicted octanol–water partition coefficient (Wildman–Crippen LogP) is 2.22. The number of rotatable bonds is 4. The lowest BCUT2D eigenvalue weighted by atomic mass is 9.97. The molecule has 1 aromatic heterocycles. The third-order valence-corrected chi connectivity index (χ3v) is 4.52. The van der Waals surface area contributed by atoms with Gasteiger partial charge in [-0.2, -0.15) is 0 Å². The molecular weight excluding hydrogens is 276 g/mol. The first-order valence-corrected chi connectivity index (χ1v) is 7.87. The number of nitrogens with zero attached hydrogens (tertiary/aromatic N) is 4. The van der Waals surface area contributed by atoms with Gasteiger partial charge in [0.1, 0.15) is 5.82 Å². The van der Waals surface area contributed by atoms with Gasteiger partial charge in [0, 0.05) is 18.7 Å². The van der Waals surface area contributed by atoms with Gasteiger partial charge < -0.3 is 9.67 Å². The normalized spacial score (nSPS) is 19.7. The van der Waals surface area contributed by atoms with E-state index in [1.807, 2.05) is 51.2 Å². The van der Waals surface area contributed by atoms with Crippen LogP contribution in [-0.2, 0) is 13.6 Å². The highest BCUT2D eigenvalue weighted by atomic mass is 16.3. The summed E-state index contributed by atoms with van der Waals surface area (Å²) in [6, 6.07) is 10.3. The van der Waals surface area contributed by atoms with Crippen LogP contribution < -0.4 is 0 Å². The Morgan fingerprint density at radius 2 is 1.95 bits per heavy atom. The molecule has 118 valence electrons. The van der Waals surface area contributed by atoms with E-state index in [0.717, 1.165) is 43.1 Å². The summed E-state index contributed by atoms with van der Waals surface area (Å²) in [5, 5.41) is 19.0. The van der Waals surface area contributed by atoms with Gasteiger partial charge in [-0.3, -0.25) is 4.90 Å². The van der Waals surface area contributed by atoms with Crippen LogP contribution in [0.2, 0.25) is 0 Å². The van der Waals surface area contributed by atoms with Crippen LogP contribution in [0, 0.1) is 0 Å². The molecule has 22 heavy (non-hydrogen) atoms. The standard InChI is InChI=1S/C17H24N4O/c1-17(2,22)14-10-7-11-21(14)12-15-18-19-16(20(15)3)13-8-5-4-6-9-13/h4-6,8-9,14,22H,7,10-12H2,1-3H3/t14-/m1/s1. The van der Waals surface area contributed by atoms with E-state index < -0.39 is 5.60 Å². The molecule has 1 N–H and O–H groups in total. The Balaban J connectivity index is 1.81.